The van der Waals surface area contributed by atoms with Gasteiger partial charge in [-0.15, -0.1) is 0 Å². The number of amidine groups is 1. The van der Waals surface area contributed by atoms with Crippen LogP contribution in [0.3, 0.4) is 0 Å². The number of esters is 1. The molecule has 86 valence electrons. The molecule has 1 unspecified atom stereocenters. The lowest BCUT2D eigenvalue weighted by Gasteiger charge is -2.17. The molecule has 2 heterocycles. The first-order chi connectivity index (χ1) is 7.69. The molecule has 0 aliphatic carbocycles. The molecule has 0 spiro atoms. The predicted molar refractivity (Wildman–Crippen MR) is 62.1 cm³/mol. The fraction of sp³-hybridized carbons (Fsp3) is 0.500. The molecular formula is C12H16N2O2. The second kappa shape index (κ2) is 4.51. The summed E-state index contributed by atoms with van der Waals surface area (Å²) in [4.78, 5) is 17.9. The zero-order valence-corrected chi connectivity index (χ0v) is 9.64. The number of hydrogen-bond donors (Lipinski definition) is 0. The summed E-state index contributed by atoms with van der Waals surface area (Å²) >= 11 is 0. The van der Waals surface area contributed by atoms with Crippen LogP contribution in [0, 0.1) is 0 Å². The van der Waals surface area contributed by atoms with Crippen LogP contribution in [0.5, 0.6) is 0 Å². The summed E-state index contributed by atoms with van der Waals surface area (Å²) in [7, 11) is 0. The summed E-state index contributed by atoms with van der Waals surface area (Å²) in [6, 6.07) is 0.0286. The zero-order valence-electron chi connectivity index (χ0n) is 9.64. The molecule has 0 saturated heterocycles. The van der Waals surface area contributed by atoms with E-state index in [0.29, 0.717) is 13.0 Å². The maximum atomic E-state index is 11.3. The summed E-state index contributed by atoms with van der Waals surface area (Å²) in [6.45, 7) is 5.07. The van der Waals surface area contributed by atoms with Crippen LogP contribution in [0.1, 0.15) is 20.3 Å². The van der Waals surface area contributed by atoms with Crippen molar-refractivity contribution in [2.75, 3.05) is 13.2 Å². The molecule has 0 saturated carbocycles. The largest absolute Gasteiger partial charge is 0.466 e. The summed E-state index contributed by atoms with van der Waals surface area (Å²) in [6.07, 6.45) is 6.45. The van der Waals surface area contributed by atoms with Crippen LogP contribution in [-0.4, -0.2) is 35.9 Å². The summed E-state index contributed by atoms with van der Waals surface area (Å²) in [5.41, 5.74) is 1.20. The normalized spacial score (nSPS) is 22.6. The molecule has 0 fully saturated rings. The van der Waals surface area contributed by atoms with Gasteiger partial charge >= 0.3 is 5.97 Å². The van der Waals surface area contributed by atoms with Gasteiger partial charge in [-0.3, -0.25) is 9.79 Å². The third kappa shape index (κ3) is 2.32. The maximum Gasteiger partial charge on any atom is 0.308 e. The van der Waals surface area contributed by atoms with Gasteiger partial charge in [0.1, 0.15) is 5.84 Å². The van der Waals surface area contributed by atoms with Gasteiger partial charge in [0, 0.05) is 12.7 Å². The van der Waals surface area contributed by atoms with Crippen molar-refractivity contribution in [1.29, 1.82) is 0 Å². The van der Waals surface area contributed by atoms with Gasteiger partial charge in [0.2, 0.25) is 0 Å². The first kappa shape index (κ1) is 10.9. The van der Waals surface area contributed by atoms with Crippen LogP contribution in [0.15, 0.2) is 28.9 Å². The molecule has 0 aromatic heterocycles. The van der Waals surface area contributed by atoms with Crippen LogP contribution >= 0.6 is 0 Å². The lowest BCUT2D eigenvalue weighted by molar-refractivity contribution is -0.143. The molecular weight excluding hydrogens is 204 g/mol. The molecule has 4 nitrogen and oxygen atoms in total. The number of aliphatic imine (C=N–C) groups is 1. The van der Waals surface area contributed by atoms with Crippen LogP contribution in [0.25, 0.3) is 0 Å². The van der Waals surface area contributed by atoms with Crippen LogP contribution in [0.2, 0.25) is 0 Å². The van der Waals surface area contributed by atoms with Crippen molar-refractivity contribution in [2.45, 2.75) is 26.3 Å². The van der Waals surface area contributed by atoms with Gasteiger partial charge in [0.25, 0.3) is 0 Å². The van der Waals surface area contributed by atoms with E-state index in [2.05, 4.69) is 16.1 Å². The minimum Gasteiger partial charge on any atom is -0.466 e. The molecule has 0 radical (unpaired) electrons. The van der Waals surface area contributed by atoms with Gasteiger partial charge in [-0.05, 0) is 25.5 Å². The van der Waals surface area contributed by atoms with Gasteiger partial charge in [-0.2, -0.15) is 0 Å². The Morgan fingerprint density at radius 2 is 2.44 bits per heavy atom. The monoisotopic (exact) mass is 220 g/mol. The second-order valence-corrected chi connectivity index (χ2v) is 4.01. The van der Waals surface area contributed by atoms with Gasteiger partial charge in [-0.25, -0.2) is 0 Å². The van der Waals surface area contributed by atoms with Gasteiger partial charge in [-0.1, -0.05) is 6.08 Å². The number of allylic oxidation sites excluding steroid dienone is 2. The fourth-order valence-electron chi connectivity index (χ4n) is 1.90. The highest BCUT2D eigenvalue weighted by molar-refractivity contribution is 5.96. The molecule has 0 aromatic rings. The third-order valence-electron chi connectivity index (χ3n) is 2.58. The van der Waals surface area contributed by atoms with Gasteiger partial charge < -0.3 is 9.64 Å². The molecule has 0 N–H and O–H groups in total. The Labute approximate surface area is 95.3 Å². The first-order valence-corrected chi connectivity index (χ1v) is 5.55. The van der Waals surface area contributed by atoms with Crippen LogP contribution in [-0.2, 0) is 9.53 Å². The maximum absolute atomic E-state index is 11.3. The lowest BCUT2D eigenvalue weighted by atomic mass is 10.2. The average molecular weight is 220 g/mol. The van der Waals surface area contributed by atoms with E-state index in [1.54, 1.807) is 0 Å². The van der Waals surface area contributed by atoms with Gasteiger partial charge in [0.05, 0.1) is 19.1 Å². The van der Waals surface area contributed by atoms with E-state index < -0.39 is 0 Å². The standard InChI is InChI=1S/C12H16N2O2/c1-3-16-12(15)6-10-8-14-7-9(2)4-5-11(14)13-10/h4-5,7,10H,3,6,8H2,1-2H3. The fourth-order valence-corrected chi connectivity index (χ4v) is 1.90. The molecule has 2 rings (SSSR count). The lowest BCUT2D eigenvalue weighted by Crippen LogP contribution is -2.25. The van der Waals surface area contributed by atoms with E-state index in [9.17, 15) is 4.79 Å². The molecule has 1 atom stereocenters. The third-order valence-corrected chi connectivity index (χ3v) is 2.58. The van der Waals surface area contributed by atoms with Crippen molar-refractivity contribution in [1.82, 2.24) is 4.90 Å². The number of fused-ring (bicyclic) bond motifs is 1. The van der Waals surface area contributed by atoms with Crippen molar-refractivity contribution in [3.05, 3.63) is 23.9 Å². The van der Waals surface area contributed by atoms with E-state index in [1.807, 2.05) is 26.0 Å². The van der Waals surface area contributed by atoms with Crippen LogP contribution in [0.4, 0.5) is 0 Å². The minimum absolute atomic E-state index is 0.0286. The highest BCUT2D eigenvalue weighted by atomic mass is 16.5. The van der Waals surface area contributed by atoms with Crippen molar-refractivity contribution >= 4 is 11.8 Å². The van der Waals surface area contributed by atoms with E-state index >= 15 is 0 Å². The molecule has 0 amide bonds. The quantitative estimate of drug-likeness (QED) is 0.677. The predicted octanol–water partition coefficient (Wildman–Crippen LogP) is 1.50. The summed E-state index contributed by atoms with van der Waals surface area (Å²) < 4.78 is 4.92. The second-order valence-electron chi connectivity index (χ2n) is 4.01. The number of hydrogen-bond acceptors (Lipinski definition) is 4. The molecule has 16 heavy (non-hydrogen) atoms. The molecule has 2 aliphatic heterocycles. The highest BCUT2D eigenvalue weighted by Gasteiger charge is 2.25. The van der Waals surface area contributed by atoms with E-state index in [4.69, 9.17) is 4.74 Å². The van der Waals surface area contributed by atoms with Gasteiger partial charge in [0.15, 0.2) is 0 Å². The average Bonchev–Trinajstić information content (AvgIpc) is 2.59. The molecule has 4 heteroatoms. The van der Waals surface area contributed by atoms with Crippen molar-refractivity contribution in [3.63, 3.8) is 0 Å². The Bertz CT molecular complexity index is 382. The van der Waals surface area contributed by atoms with Crippen molar-refractivity contribution < 1.29 is 9.53 Å². The van der Waals surface area contributed by atoms with E-state index in [-0.39, 0.29) is 12.0 Å². The Balaban J connectivity index is 1.96. The Morgan fingerprint density at radius 1 is 1.62 bits per heavy atom. The van der Waals surface area contributed by atoms with Crippen LogP contribution < -0.4 is 0 Å². The molecule has 0 aromatic carbocycles. The SMILES string of the molecule is CCOC(=O)CC1CN2C=C(C)C=CC2=N1. The minimum atomic E-state index is -0.165. The highest BCUT2D eigenvalue weighted by Crippen LogP contribution is 2.19. The number of carbonyl (C=O) groups is 1. The number of carbonyl (C=O) groups excluding carboxylic acids is 1. The number of rotatable bonds is 3. The molecule has 2 aliphatic rings. The summed E-state index contributed by atoms with van der Waals surface area (Å²) in [5.74, 6) is 0.779. The first-order valence-electron chi connectivity index (χ1n) is 5.55. The topological polar surface area (TPSA) is 41.9 Å². The van der Waals surface area contributed by atoms with E-state index in [0.717, 1.165) is 12.4 Å². The smallest absolute Gasteiger partial charge is 0.308 e. The number of ether oxygens (including phenoxy) is 1. The summed E-state index contributed by atoms with van der Waals surface area (Å²) in [5, 5.41) is 0. The number of nitrogens with zero attached hydrogens (tertiary/aromatic N) is 2. The Hall–Kier alpha value is -1.58. The Kier molecular flexibility index (Phi) is 3.08. The zero-order chi connectivity index (χ0) is 11.5. The van der Waals surface area contributed by atoms with E-state index in [1.165, 1.54) is 5.57 Å². The molecule has 0 bridgehead atoms. The van der Waals surface area contributed by atoms with Crippen molar-refractivity contribution in [2.24, 2.45) is 4.99 Å². The van der Waals surface area contributed by atoms with Crippen molar-refractivity contribution in [3.8, 4) is 0 Å². The Morgan fingerprint density at radius 3 is 3.19 bits per heavy atom.